The van der Waals surface area contributed by atoms with Crippen LogP contribution >= 0.6 is 0 Å². The number of quaternary nitrogens is 1. The zero-order valence-corrected chi connectivity index (χ0v) is 19.5. The Morgan fingerprint density at radius 3 is 2.23 bits per heavy atom. The van der Waals surface area contributed by atoms with Gasteiger partial charge in [-0.1, -0.05) is 17.7 Å². The van der Waals surface area contributed by atoms with Crippen LogP contribution in [0.4, 0.5) is 5.69 Å². The van der Waals surface area contributed by atoms with Crippen molar-refractivity contribution in [2.45, 2.75) is 33.4 Å². The summed E-state index contributed by atoms with van der Waals surface area (Å²) in [6.07, 6.45) is 0. The van der Waals surface area contributed by atoms with Gasteiger partial charge < -0.3 is 24.6 Å². The van der Waals surface area contributed by atoms with E-state index in [-0.39, 0.29) is 24.4 Å². The summed E-state index contributed by atoms with van der Waals surface area (Å²) in [5.74, 6) is 1.04. The number of aryl methyl sites for hydroxylation is 2. The van der Waals surface area contributed by atoms with E-state index in [9.17, 15) is 9.59 Å². The molecule has 0 saturated heterocycles. The van der Waals surface area contributed by atoms with Crippen LogP contribution in [-0.4, -0.2) is 57.6 Å². The number of nitrogens with one attached hydrogen (secondary N) is 2. The van der Waals surface area contributed by atoms with Crippen molar-refractivity contribution in [1.29, 1.82) is 0 Å². The molecule has 7 nitrogen and oxygen atoms in total. The first-order valence-corrected chi connectivity index (χ1v) is 10.3. The molecule has 1 unspecified atom stereocenters. The van der Waals surface area contributed by atoms with E-state index in [1.165, 1.54) is 4.90 Å². The fourth-order valence-corrected chi connectivity index (χ4v) is 3.34. The van der Waals surface area contributed by atoms with Gasteiger partial charge in [0.15, 0.2) is 17.5 Å². The van der Waals surface area contributed by atoms with E-state index >= 15 is 0 Å². The monoisotopic (exact) mass is 428 g/mol. The molecule has 0 aliphatic rings. The van der Waals surface area contributed by atoms with Gasteiger partial charge in [-0.15, -0.1) is 0 Å². The maximum atomic E-state index is 12.9. The molecule has 2 atom stereocenters. The first-order chi connectivity index (χ1) is 14.7. The van der Waals surface area contributed by atoms with Gasteiger partial charge in [0, 0.05) is 18.3 Å². The molecule has 7 heteroatoms. The van der Waals surface area contributed by atoms with E-state index in [2.05, 4.69) is 5.32 Å². The summed E-state index contributed by atoms with van der Waals surface area (Å²) in [5.41, 5.74) is 3.99. The van der Waals surface area contributed by atoms with E-state index in [1.54, 1.807) is 21.3 Å². The van der Waals surface area contributed by atoms with Gasteiger partial charge in [0.2, 0.25) is 5.91 Å². The van der Waals surface area contributed by atoms with E-state index in [4.69, 9.17) is 9.47 Å². The van der Waals surface area contributed by atoms with Gasteiger partial charge in [0.1, 0.15) is 6.54 Å². The van der Waals surface area contributed by atoms with Crippen LogP contribution < -0.4 is 19.7 Å². The van der Waals surface area contributed by atoms with Crippen molar-refractivity contribution in [2.24, 2.45) is 0 Å². The summed E-state index contributed by atoms with van der Waals surface area (Å²) < 4.78 is 10.8. The lowest BCUT2D eigenvalue weighted by Gasteiger charge is -2.26. The second-order valence-corrected chi connectivity index (χ2v) is 7.99. The largest absolute Gasteiger partial charge is 0.493 e. The molecule has 2 N–H and O–H groups in total. The summed E-state index contributed by atoms with van der Waals surface area (Å²) in [4.78, 5) is 27.7. The molecule has 0 radical (unpaired) electrons. The van der Waals surface area contributed by atoms with E-state index < -0.39 is 0 Å². The van der Waals surface area contributed by atoms with Crippen LogP contribution in [0.3, 0.4) is 0 Å². The Bertz CT molecular complexity index is 912. The number of carbonyl (C=O) groups excluding carboxylic acids is 2. The highest BCUT2D eigenvalue weighted by Gasteiger charge is 2.27. The first-order valence-electron chi connectivity index (χ1n) is 10.3. The fourth-order valence-electron chi connectivity index (χ4n) is 3.34. The highest BCUT2D eigenvalue weighted by Crippen LogP contribution is 2.29. The van der Waals surface area contributed by atoms with Gasteiger partial charge in [-0.05, 0) is 50.6 Å². The molecule has 0 heterocycles. The van der Waals surface area contributed by atoms with Gasteiger partial charge in [-0.3, -0.25) is 9.59 Å². The number of benzene rings is 2. The number of anilines is 1. The molecule has 0 bridgehead atoms. The van der Waals surface area contributed by atoms with Crippen molar-refractivity contribution in [1.82, 2.24) is 4.90 Å². The smallest absolute Gasteiger partial charge is 0.280 e. The van der Waals surface area contributed by atoms with Crippen molar-refractivity contribution in [2.75, 3.05) is 40.2 Å². The van der Waals surface area contributed by atoms with Crippen LogP contribution in [-0.2, 0) is 16.1 Å². The van der Waals surface area contributed by atoms with Crippen molar-refractivity contribution in [3.05, 3.63) is 53.1 Å². The van der Waals surface area contributed by atoms with Crippen molar-refractivity contribution in [3.63, 3.8) is 0 Å². The second-order valence-electron chi connectivity index (χ2n) is 7.99. The molecule has 2 rings (SSSR count). The van der Waals surface area contributed by atoms with Gasteiger partial charge in [-0.25, -0.2) is 0 Å². The SMILES string of the molecule is COc1cc(C)c(C[NH+](C)[C@@H](C)C(=O)N(C)CC(=O)Nc2ccc(C)cc2)cc1OC. The van der Waals surface area contributed by atoms with Crippen molar-refractivity contribution < 1.29 is 24.0 Å². The maximum absolute atomic E-state index is 12.9. The Morgan fingerprint density at radius 2 is 1.65 bits per heavy atom. The number of hydrogen-bond donors (Lipinski definition) is 2. The number of rotatable bonds is 9. The summed E-state index contributed by atoms with van der Waals surface area (Å²) in [6.45, 7) is 6.52. The molecule has 2 amide bonds. The summed E-state index contributed by atoms with van der Waals surface area (Å²) in [5, 5.41) is 2.83. The van der Waals surface area contributed by atoms with Crippen LogP contribution in [0.15, 0.2) is 36.4 Å². The number of methoxy groups -OCH3 is 2. The quantitative estimate of drug-likeness (QED) is 0.639. The zero-order chi connectivity index (χ0) is 23.1. The molecule has 0 aromatic heterocycles. The van der Waals surface area contributed by atoms with Gasteiger partial charge in [-0.2, -0.15) is 0 Å². The van der Waals surface area contributed by atoms with Crippen LogP contribution in [0.25, 0.3) is 0 Å². The predicted molar refractivity (Wildman–Crippen MR) is 122 cm³/mol. The van der Waals surface area contributed by atoms with Crippen LogP contribution in [0.2, 0.25) is 0 Å². The molecule has 168 valence electrons. The second kappa shape index (κ2) is 10.8. The number of amides is 2. The summed E-state index contributed by atoms with van der Waals surface area (Å²) in [7, 11) is 6.84. The number of nitrogens with zero attached hydrogens (tertiary/aromatic N) is 1. The molecular formula is C24H34N3O4+. The standard InChI is InChI=1S/C24H33N3O4/c1-16-8-10-20(11-9-16)25-23(28)15-27(5)24(29)18(3)26(4)14-19-13-22(31-7)21(30-6)12-17(19)2/h8-13,18H,14-15H2,1-7H3,(H,25,28)/p+1/t18-/m0/s1. The normalized spacial score (nSPS) is 12.6. The average molecular weight is 429 g/mol. The Balaban J connectivity index is 1.98. The lowest BCUT2D eigenvalue weighted by molar-refractivity contribution is -0.908. The minimum Gasteiger partial charge on any atom is -0.493 e. The molecule has 0 saturated carbocycles. The van der Waals surface area contributed by atoms with Crippen LogP contribution in [0.5, 0.6) is 11.5 Å². The molecule has 2 aromatic rings. The third-order valence-corrected chi connectivity index (χ3v) is 5.51. The Labute approximate surface area is 184 Å². The number of carbonyl (C=O) groups is 2. The lowest BCUT2D eigenvalue weighted by Crippen LogP contribution is -3.12. The summed E-state index contributed by atoms with van der Waals surface area (Å²) >= 11 is 0. The minimum absolute atomic E-state index is 0.000282. The molecule has 2 aromatic carbocycles. The third kappa shape index (κ3) is 6.46. The van der Waals surface area contributed by atoms with Crippen molar-refractivity contribution in [3.8, 4) is 11.5 Å². The van der Waals surface area contributed by atoms with Gasteiger partial charge >= 0.3 is 0 Å². The highest BCUT2D eigenvalue weighted by atomic mass is 16.5. The predicted octanol–water partition coefficient (Wildman–Crippen LogP) is 1.82. The first kappa shape index (κ1) is 24.2. The lowest BCUT2D eigenvalue weighted by atomic mass is 10.1. The Kier molecular flexibility index (Phi) is 8.45. The number of likely N-dealkylation sites (N-methyl/N-ethyl adjacent to an activating group) is 2. The van der Waals surface area contributed by atoms with E-state index in [1.807, 2.05) is 64.2 Å². The number of hydrogen-bond acceptors (Lipinski definition) is 4. The summed E-state index contributed by atoms with van der Waals surface area (Å²) in [6, 6.07) is 11.1. The number of ether oxygens (including phenoxy) is 2. The molecule has 31 heavy (non-hydrogen) atoms. The Hall–Kier alpha value is -3.06. The van der Waals surface area contributed by atoms with Crippen molar-refractivity contribution >= 4 is 17.5 Å². The van der Waals surface area contributed by atoms with Crippen LogP contribution in [0, 0.1) is 13.8 Å². The molecule has 0 fully saturated rings. The van der Waals surface area contributed by atoms with E-state index in [0.717, 1.165) is 27.3 Å². The molecule has 0 aliphatic carbocycles. The topological polar surface area (TPSA) is 72.3 Å². The van der Waals surface area contributed by atoms with Gasteiger partial charge in [0.05, 0.1) is 27.8 Å². The molecule has 0 spiro atoms. The molecular weight excluding hydrogens is 394 g/mol. The van der Waals surface area contributed by atoms with E-state index in [0.29, 0.717) is 18.0 Å². The third-order valence-electron chi connectivity index (χ3n) is 5.51. The minimum atomic E-state index is -0.315. The average Bonchev–Trinajstić information content (AvgIpc) is 2.75. The fraction of sp³-hybridized carbons (Fsp3) is 0.417. The maximum Gasteiger partial charge on any atom is 0.280 e. The zero-order valence-electron chi connectivity index (χ0n) is 19.5. The molecule has 0 aliphatic heterocycles. The van der Waals surface area contributed by atoms with Gasteiger partial charge in [0.25, 0.3) is 5.91 Å². The Morgan fingerprint density at radius 1 is 1.06 bits per heavy atom. The highest BCUT2D eigenvalue weighted by molar-refractivity contribution is 5.94. The van der Waals surface area contributed by atoms with Crippen LogP contribution in [0.1, 0.15) is 23.6 Å².